The van der Waals surface area contributed by atoms with Crippen LogP contribution in [0.5, 0.6) is 11.5 Å². The van der Waals surface area contributed by atoms with Gasteiger partial charge in [-0.3, -0.25) is 0 Å². The maximum absolute atomic E-state index is 13.9. The SMILES string of the molecule is Fc1ccccc1C(Cl)c1cc2c(cc1Br)OCCCO2. The summed E-state index contributed by atoms with van der Waals surface area (Å²) >= 11 is 9.94. The van der Waals surface area contributed by atoms with E-state index >= 15 is 0 Å². The predicted molar refractivity (Wildman–Crippen MR) is 83.8 cm³/mol. The summed E-state index contributed by atoms with van der Waals surface area (Å²) < 4.78 is 26.0. The molecule has 0 aromatic heterocycles. The Morgan fingerprint density at radius 1 is 1.05 bits per heavy atom. The summed E-state index contributed by atoms with van der Waals surface area (Å²) in [5.41, 5.74) is 1.19. The molecular formula is C16H13BrClFO2. The van der Waals surface area contributed by atoms with Crippen molar-refractivity contribution in [1.82, 2.24) is 0 Å². The van der Waals surface area contributed by atoms with E-state index in [-0.39, 0.29) is 5.82 Å². The van der Waals surface area contributed by atoms with E-state index in [1.807, 2.05) is 12.1 Å². The first-order chi connectivity index (χ1) is 10.2. The second-order valence-corrected chi connectivity index (χ2v) is 6.05. The summed E-state index contributed by atoms with van der Waals surface area (Å²) in [5, 5.41) is -0.599. The van der Waals surface area contributed by atoms with Gasteiger partial charge in [-0.05, 0) is 23.8 Å². The first kappa shape index (κ1) is 14.7. The van der Waals surface area contributed by atoms with Crippen LogP contribution < -0.4 is 9.47 Å². The van der Waals surface area contributed by atoms with Gasteiger partial charge in [0.25, 0.3) is 0 Å². The van der Waals surface area contributed by atoms with Crippen molar-refractivity contribution in [3.63, 3.8) is 0 Å². The smallest absolute Gasteiger partial charge is 0.162 e. The van der Waals surface area contributed by atoms with Gasteiger partial charge in [-0.15, -0.1) is 11.6 Å². The van der Waals surface area contributed by atoms with Crippen LogP contribution in [0.3, 0.4) is 0 Å². The third-order valence-electron chi connectivity index (χ3n) is 3.32. The van der Waals surface area contributed by atoms with Crippen molar-refractivity contribution < 1.29 is 13.9 Å². The first-order valence-electron chi connectivity index (χ1n) is 6.64. The van der Waals surface area contributed by atoms with E-state index in [0.717, 1.165) is 16.5 Å². The van der Waals surface area contributed by atoms with E-state index in [1.54, 1.807) is 18.2 Å². The highest BCUT2D eigenvalue weighted by Crippen LogP contribution is 2.41. The van der Waals surface area contributed by atoms with Gasteiger partial charge in [0, 0.05) is 16.5 Å². The van der Waals surface area contributed by atoms with Crippen molar-refractivity contribution in [2.24, 2.45) is 0 Å². The molecular weight excluding hydrogens is 359 g/mol. The zero-order chi connectivity index (χ0) is 14.8. The van der Waals surface area contributed by atoms with E-state index in [4.69, 9.17) is 21.1 Å². The highest BCUT2D eigenvalue weighted by atomic mass is 79.9. The summed E-state index contributed by atoms with van der Waals surface area (Å²) in [4.78, 5) is 0. The minimum Gasteiger partial charge on any atom is -0.490 e. The fourth-order valence-corrected chi connectivity index (χ4v) is 3.28. The van der Waals surface area contributed by atoms with Gasteiger partial charge >= 0.3 is 0 Å². The molecule has 110 valence electrons. The molecule has 0 aliphatic carbocycles. The average Bonchev–Trinajstić information content (AvgIpc) is 2.71. The van der Waals surface area contributed by atoms with Gasteiger partial charge in [0.15, 0.2) is 11.5 Å². The molecule has 21 heavy (non-hydrogen) atoms. The Balaban J connectivity index is 2.02. The van der Waals surface area contributed by atoms with Crippen LogP contribution in [-0.4, -0.2) is 13.2 Å². The maximum Gasteiger partial charge on any atom is 0.162 e. The van der Waals surface area contributed by atoms with Crippen molar-refractivity contribution in [2.45, 2.75) is 11.8 Å². The van der Waals surface area contributed by atoms with E-state index < -0.39 is 5.38 Å². The van der Waals surface area contributed by atoms with Gasteiger partial charge in [-0.2, -0.15) is 0 Å². The molecule has 0 saturated carbocycles. The number of fused-ring (bicyclic) bond motifs is 1. The minimum absolute atomic E-state index is 0.323. The van der Waals surface area contributed by atoms with E-state index in [1.165, 1.54) is 6.07 Å². The standard InChI is InChI=1S/C16H13BrClFO2/c17-12-9-15-14(20-6-3-7-21-15)8-11(12)16(18)10-4-1-2-5-13(10)19/h1-2,4-5,8-9,16H,3,6-7H2. The Morgan fingerprint density at radius 3 is 2.43 bits per heavy atom. The van der Waals surface area contributed by atoms with Gasteiger partial charge < -0.3 is 9.47 Å². The predicted octanol–water partition coefficient (Wildman–Crippen LogP) is 5.08. The van der Waals surface area contributed by atoms with Crippen molar-refractivity contribution in [3.05, 3.63) is 57.8 Å². The number of benzene rings is 2. The van der Waals surface area contributed by atoms with Crippen molar-refractivity contribution in [3.8, 4) is 11.5 Å². The molecule has 3 rings (SSSR count). The zero-order valence-electron chi connectivity index (χ0n) is 11.1. The largest absolute Gasteiger partial charge is 0.490 e. The second-order valence-electron chi connectivity index (χ2n) is 4.76. The maximum atomic E-state index is 13.9. The number of hydrogen-bond donors (Lipinski definition) is 0. The molecule has 1 unspecified atom stereocenters. The lowest BCUT2D eigenvalue weighted by Gasteiger charge is -2.16. The number of ether oxygens (including phenoxy) is 2. The number of hydrogen-bond acceptors (Lipinski definition) is 2. The molecule has 1 aliphatic heterocycles. The minimum atomic E-state index is -0.599. The Bertz CT molecular complexity index is 663. The zero-order valence-corrected chi connectivity index (χ0v) is 13.5. The van der Waals surface area contributed by atoms with E-state index in [2.05, 4.69) is 15.9 Å². The summed E-state index contributed by atoms with van der Waals surface area (Å²) in [6, 6.07) is 10.1. The molecule has 0 saturated heterocycles. The lowest BCUT2D eigenvalue weighted by Crippen LogP contribution is -2.00. The Labute approximate surface area is 136 Å². The molecule has 2 nitrogen and oxygen atoms in total. The molecule has 1 atom stereocenters. The van der Waals surface area contributed by atoms with Crippen LogP contribution in [0.4, 0.5) is 4.39 Å². The summed E-state index contributed by atoms with van der Waals surface area (Å²) in [7, 11) is 0. The van der Waals surface area contributed by atoms with Crippen LogP contribution in [0.2, 0.25) is 0 Å². The molecule has 2 aromatic carbocycles. The van der Waals surface area contributed by atoms with Crippen molar-refractivity contribution in [2.75, 3.05) is 13.2 Å². The third kappa shape index (κ3) is 3.01. The quantitative estimate of drug-likeness (QED) is 0.686. The Hall–Kier alpha value is -1.26. The average molecular weight is 372 g/mol. The molecule has 1 aliphatic rings. The van der Waals surface area contributed by atoms with Crippen LogP contribution in [0.1, 0.15) is 22.9 Å². The van der Waals surface area contributed by atoms with Crippen LogP contribution in [0.25, 0.3) is 0 Å². The van der Waals surface area contributed by atoms with Gasteiger partial charge in [0.05, 0.1) is 18.6 Å². The molecule has 0 amide bonds. The molecule has 0 radical (unpaired) electrons. The van der Waals surface area contributed by atoms with E-state index in [0.29, 0.717) is 30.3 Å². The second kappa shape index (κ2) is 6.24. The van der Waals surface area contributed by atoms with Crippen molar-refractivity contribution in [1.29, 1.82) is 0 Å². The molecule has 0 N–H and O–H groups in total. The molecule has 2 aromatic rings. The van der Waals surface area contributed by atoms with Crippen LogP contribution in [-0.2, 0) is 0 Å². The monoisotopic (exact) mass is 370 g/mol. The molecule has 0 fully saturated rings. The summed E-state index contributed by atoms with van der Waals surface area (Å²) in [5.74, 6) is 1.00. The van der Waals surface area contributed by atoms with Gasteiger partial charge in [-0.1, -0.05) is 34.1 Å². The highest BCUT2D eigenvalue weighted by molar-refractivity contribution is 9.10. The van der Waals surface area contributed by atoms with Gasteiger partial charge in [0.2, 0.25) is 0 Å². The van der Waals surface area contributed by atoms with Gasteiger partial charge in [0.1, 0.15) is 5.82 Å². The van der Waals surface area contributed by atoms with Crippen molar-refractivity contribution >= 4 is 27.5 Å². The third-order valence-corrected chi connectivity index (χ3v) is 4.48. The molecule has 0 spiro atoms. The normalized spacial score (nSPS) is 15.4. The lowest BCUT2D eigenvalue weighted by molar-refractivity contribution is 0.297. The summed E-state index contributed by atoms with van der Waals surface area (Å²) in [6.45, 7) is 1.22. The fraction of sp³-hybridized carbons (Fsp3) is 0.250. The van der Waals surface area contributed by atoms with Gasteiger partial charge in [-0.25, -0.2) is 4.39 Å². The highest BCUT2D eigenvalue weighted by Gasteiger charge is 2.21. The Morgan fingerprint density at radius 2 is 1.71 bits per heavy atom. The summed E-state index contributed by atoms with van der Waals surface area (Å²) in [6.07, 6.45) is 0.833. The number of rotatable bonds is 2. The van der Waals surface area contributed by atoms with Crippen LogP contribution >= 0.6 is 27.5 Å². The number of alkyl halides is 1. The fourth-order valence-electron chi connectivity index (χ4n) is 2.24. The molecule has 1 heterocycles. The Kier molecular flexibility index (Phi) is 4.36. The van der Waals surface area contributed by atoms with Crippen LogP contribution in [0, 0.1) is 5.82 Å². The lowest BCUT2D eigenvalue weighted by atomic mass is 10.0. The topological polar surface area (TPSA) is 18.5 Å². The molecule has 0 bridgehead atoms. The number of halogens is 3. The molecule has 5 heteroatoms. The first-order valence-corrected chi connectivity index (χ1v) is 7.87. The van der Waals surface area contributed by atoms with Crippen LogP contribution in [0.15, 0.2) is 40.9 Å². The van der Waals surface area contributed by atoms with E-state index in [9.17, 15) is 4.39 Å².